The van der Waals surface area contributed by atoms with Crippen molar-refractivity contribution in [3.8, 4) is 5.75 Å². The molecular weight excluding hydrogens is 169 g/mol. The third kappa shape index (κ3) is 2.70. The second-order valence-corrected chi connectivity index (χ2v) is 2.85. The largest absolute Gasteiger partial charge is 0.497 e. The minimum Gasteiger partial charge on any atom is -0.497 e. The van der Waals surface area contributed by atoms with Gasteiger partial charge in [-0.2, -0.15) is 0 Å². The highest BCUT2D eigenvalue weighted by Crippen LogP contribution is 2.17. The molecule has 0 spiro atoms. The first-order valence-corrected chi connectivity index (χ1v) is 4.30. The summed E-state index contributed by atoms with van der Waals surface area (Å²) in [6.07, 6.45) is 1.46. The predicted octanol–water partition coefficient (Wildman–Crippen LogP) is 1.73. The second-order valence-electron chi connectivity index (χ2n) is 2.85. The maximum atomic E-state index is 13.1. The van der Waals surface area contributed by atoms with Crippen LogP contribution in [0.4, 0.5) is 4.39 Å². The zero-order chi connectivity index (χ0) is 9.68. The van der Waals surface area contributed by atoms with Crippen molar-refractivity contribution in [3.05, 3.63) is 29.6 Å². The summed E-state index contributed by atoms with van der Waals surface area (Å²) in [4.78, 5) is 0. The summed E-state index contributed by atoms with van der Waals surface area (Å²) in [5.74, 6) is 0.502. The molecule has 3 heteroatoms. The lowest BCUT2D eigenvalue weighted by atomic mass is 10.1. The minimum absolute atomic E-state index is 0.186. The summed E-state index contributed by atoms with van der Waals surface area (Å²) in [5.41, 5.74) is 6.01. The molecule has 0 radical (unpaired) electrons. The maximum absolute atomic E-state index is 13.1. The number of nitrogens with two attached hydrogens (primary N) is 1. The molecule has 13 heavy (non-hydrogen) atoms. The van der Waals surface area contributed by atoms with Gasteiger partial charge in [0.1, 0.15) is 11.6 Å². The molecule has 0 aliphatic carbocycles. The van der Waals surface area contributed by atoms with Gasteiger partial charge in [0.05, 0.1) is 7.11 Å². The van der Waals surface area contributed by atoms with Gasteiger partial charge in [-0.25, -0.2) is 4.39 Å². The first-order valence-electron chi connectivity index (χ1n) is 4.30. The number of hydrogen-bond donors (Lipinski definition) is 1. The smallest absolute Gasteiger partial charge is 0.126 e. The zero-order valence-corrected chi connectivity index (χ0v) is 7.72. The van der Waals surface area contributed by atoms with Gasteiger partial charge < -0.3 is 10.5 Å². The average molecular weight is 183 g/mol. The molecule has 72 valence electrons. The summed E-state index contributed by atoms with van der Waals surface area (Å²) < 4.78 is 18.1. The van der Waals surface area contributed by atoms with Crippen LogP contribution in [-0.4, -0.2) is 13.7 Å². The summed E-state index contributed by atoms with van der Waals surface area (Å²) in [5, 5.41) is 0. The lowest BCUT2D eigenvalue weighted by Crippen LogP contribution is -2.01. The number of methoxy groups -OCH3 is 1. The number of hydrogen-bond acceptors (Lipinski definition) is 2. The van der Waals surface area contributed by atoms with Crippen molar-refractivity contribution in [1.29, 1.82) is 0 Å². The molecule has 0 amide bonds. The van der Waals surface area contributed by atoms with Gasteiger partial charge in [-0.1, -0.05) is 0 Å². The highest BCUT2D eigenvalue weighted by atomic mass is 19.1. The predicted molar refractivity (Wildman–Crippen MR) is 50.3 cm³/mol. The molecule has 0 heterocycles. The molecule has 1 aromatic rings. The molecule has 0 aliphatic heterocycles. The highest BCUT2D eigenvalue weighted by molar-refractivity contribution is 5.29. The Labute approximate surface area is 77.5 Å². The van der Waals surface area contributed by atoms with E-state index in [0.29, 0.717) is 24.3 Å². The van der Waals surface area contributed by atoms with Crippen LogP contribution in [-0.2, 0) is 6.42 Å². The molecule has 0 aliphatic rings. The second kappa shape index (κ2) is 4.82. The van der Waals surface area contributed by atoms with Crippen molar-refractivity contribution in [1.82, 2.24) is 0 Å². The van der Waals surface area contributed by atoms with Crippen LogP contribution < -0.4 is 10.5 Å². The van der Waals surface area contributed by atoms with E-state index in [1.54, 1.807) is 19.2 Å². The molecule has 0 atom stereocenters. The first-order chi connectivity index (χ1) is 6.27. The van der Waals surface area contributed by atoms with E-state index in [1.165, 1.54) is 6.07 Å². The van der Waals surface area contributed by atoms with Crippen LogP contribution in [0.1, 0.15) is 12.0 Å². The molecule has 0 saturated carbocycles. The fourth-order valence-corrected chi connectivity index (χ4v) is 1.16. The Morgan fingerprint density at radius 2 is 2.23 bits per heavy atom. The van der Waals surface area contributed by atoms with Gasteiger partial charge in [-0.05, 0) is 43.1 Å². The van der Waals surface area contributed by atoms with Crippen LogP contribution in [0.5, 0.6) is 5.75 Å². The molecule has 2 nitrogen and oxygen atoms in total. The van der Waals surface area contributed by atoms with Crippen molar-refractivity contribution in [3.63, 3.8) is 0 Å². The standard InChI is InChI=1S/C10H14FNO/c1-13-9-4-5-10(11)8(7-9)3-2-6-12/h4-5,7H,2-3,6,12H2,1H3. The number of benzene rings is 1. The number of halogens is 1. The van der Waals surface area contributed by atoms with Crippen LogP contribution in [0.3, 0.4) is 0 Å². The molecule has 2 N–H and O–H groups in total. The Balaban J connectivity index is 2.78. The maximum Gasteiger partial charge on any atom is 0.126 e. The van der Waals surface area contributed by atoms with Crippen LogP contribution in [0.25, 0.3) is 0 Å². The van der Waals surface area contributed by atoms with E-state index >= 15 is 0 Å². The van der Waals surface area contributed by atoms with E-state index < -0.39 is 0 Å². The van der Waals surface area contributed by atoms with Gasteiger partial charge in [-0.3, -0.25) is 0 Å². The van der Waals surface area contributed by atoms with Crippen molar-refractivity contribution < 1.29 is 9.13 Å². The van der Waals surface area contributed by atoms with Crippen LogP contribution >= 0.6 is 0 Å². The molecule has 0 aromatic heterocycles. The van der Waals surface area contributed by atoms with E-state index in [-0.39, 0.29) is 5.82 Å². The summed E-state index contributed by atoms with van der Waals surface area (Å²) in [6.45, 7) is 0.580. The molecule has 0 bridgehead atoms. The third-order valence-electron chi connectivity index (χ3n) is 1.90. The Bertz CT molecular complexity index is 276. The van der Waals surface area contributed by atoms with Crippen molar-refractivity contribution in [2.45, 2.75) is 12.8 Å². The van der Waals surface area contributed by atoms with Gasteiger partial charge in [0.15, 0.2) is 0 Å². The minimum atomic E-state index is -0.186. The van der Waals surface area contributed by atoms with Crippen molar-refractivity contribution in [2.75, 3.05) is 13.7 Å². The summed E-state index contributed by atoms with van der Waals surface area (Å²) in [7, 11) is 1.57. The zero-order valence-electron chi connectivity index (χ0n) is 7.72. The van der Waals surface area contributed by atoms with E-state index in [0.717, 1.165) is 6.42 Å². The highest BCUT2D eigenvalue weighted by Gasteiger charge is 2.02. The van der Waals surface area contributed by atoms with E-state index in [9.17, 15) is 4.39 Å². The molecule has 0 fully saturated rings. The molecule has 0 saturated heterocycles. The van der Waals surface area contributed by atoms with Crippen LogP contribution in [0, 0.1) is 5.82 Å². The Kier molecular flexibility index (Phi) is 3.71. The Morgan fingerprint density at radius 3 is 2.85 bits per heavy atom. The fourth-order valence-electron chi connectivity index (χ4n) is 1.16. The lowest BCUT2D eigenvalue weighted by molar-refractivity contribution is 0.412. The van der Waals surface area contributed by atoms with Gasteiger partial charge in [0, 0.05) is 0 Å². The third-order valence-corrected chi connectivity index (χ3v) is 1.90. The topological polar surface area (TPSA) is 35.2 Å². The molecule has 1 rings (SSSR count). The molecule has 0 unspecified atom stereocenters. The van der Waals surface area contributed by atoms with Crippen LogP contribution in [0.2, 0.25) is 0 Å². The Morgan fingerprint density at radius 1 is 1.46 bits per heavy atom. The normalized spacial score (nSPS) is 10.1. The average Bonchev–Trinajstić information content (AvgIpc) is 2.17. The number of ether oxygens (including phenoxy) is 1. The summed E-state index contributed by atoms with van der Waals surface area (Å²) >= 11 is 0. The lowest BCUT2D eigenvalue weighted by Gasteiger charge is -2.04. The fraction of sp³-hybridized carbons (Fsp3) is 0.400. The van der Waals surface area contributed by atoms with Gasteiger partial charge >= 0.3 is 0 Å². The molecule has 1 aromatic carbocycles. The van der Waals surface area contributed by atoms with Crippen molar-refractivity contribution in [2.24, 2.45) is 5.73 Å². The van der Waals surface area contributed by atoms with E-state index in [2.05, 4.69) is 0 Å². The van der Waals surface area contributed by atoms with Gasteiger partial charge in [0.25, 0.3) is 0 Å². The Hall–Kier alpha value is -1.09. The quantitative estimate of drug-likeness (QED) is 0.771. The number of aryl methyl sites for hydroxylation is 1. The summed E-state index contributed by atoms with van der Waals surface area (Å²) in [6, 6.07) is 4.75. The molecular formula is C10H14FNO. The SMILES string of the molecule is COc1ccc(F)c(CCCN)c1. The van der Waals surface area contributed by atoms with E-state index in [1.807, 2.05) is 0 Å². The number of rotatable bonds is 4. The van der Waals surface area contributed by atoms with Gasteiger partial charge in [0.2, 0.25) is 0 Å². The van der Waals surface area contributed by atoms with Gasteiger partial charge in [-0.15, -0.1) is 0 Å². The van der Waals surface area contributed by atoms with E-state index in [4.69, 9.17) is 10.5 Å². The monoisotopic (exact) mass is 183 g/mol. The van der Waals surface area contributed by atoms with Crippen molar-refractivity contribution >= 4 is 0 Å². The first kappa shape index (κ1) is 9.99. The van der Waals surface area contributed by atoms with Crippen LogP contribution in [0.15, 0.2) is 18.2 Å².